The number of carbonyl (C=O) groups excluding carboxylic acids is 2. The van der Waals surface area contributed by atoms with Gasteiger partial charge in [0.15, 0.2) is 11.6 Å². The van der Waals surface area contributed by atoms with Crippen LogP contribution in [0.5, 0.6) is 0 Å². The van der Waals surface area contributed by atoms with Gasteiger partial charge in [-0.3, -0.25) is 14.6 Å². The van der Waals surface area contributed by atoms with Gasteiger partial charge in [-0.1, -0.05) is 26.0 Å². The van der Waals surface area contributed by atoms with Gasteiger partial charge in [-0.15, -0.1) is 0 Å². The summed E-state index contributed by atoms with van der Waals surface area (Å²) in [4.78, 5) is 31.9. The van der Waals surface area contributed by atoms with Crippen LogP contribution < -0.4 is 22.1 Å². The van der Waals surface area contributed by atoms with E-state index in [0.717, 1.165) is 17.0 Å². The first kappa shape index (κ1) is 20.0. The highest BCUT2D eigenvalue weighted by molar-refractivity contribution is 5.99. The molecule has 150 valence electrons. The second-order valence-corrected chi connectivity index (χ2v) is 6.88. The monoisotopic (exact) mass is 396 g/mol. The number of benzene rings is 1. The minimum absolute atomic E-state index is 0.0451. The van der Waals surface area contributed by atoms with Crippen molar-refractivity contribution in [2.45, 2.75) is 19.9 Å². The second-order valence-electron chi connectivity index (χ2n) is 6.88. The van der Waals surface area contributed by atoms with E-state index >= 15 is 0 Å². The molecular weight excluding hydrogens is 375 g/mol. The maximum Gasteiger partial charge on any atom is 0.252 e. The summed E-state index contributed by atoms with van der Waals surface area (Å²) in [5.74, 6) is -2.68. The van der Waals surface area contributed by atoms with Crippen LogP contribution >= 0.6 is 0 Å². The zero-order chi connectivity index (χ0) is 21.1. The number of primary amides is 2. The lowest BCUT2D eigenvalue weighted by Gasteiger charge is -2.21. The fourth-order valence-electron chi connectivity index (χ4n) is 2.87. The molecule has 0 bridgehead atoms. The summed E-state index contributed by atoms with van der Waals surface area (Å²) in [5, 5.41) is 6.61. The smallest absolute Gasteiger partial charge is 0.252 e. The molecule has 1 atom stereocenters. The molecule has 3 aromatic rings. The molecule has 0 fully saturated rings. The van der Waals surface area contributed by atoms with Gasteiger partial charge in [0.1, 0.15) is 11.9 Å². The van der Waals surface area contributed by atoms with Gasteiger partial charge in [-0.05, 0) is 30.2 Å². The van der Waals surface area contributed by atoms with Crippen LogP contribution in [0.3, 0.4) is 0 Å². The average Bonchev–Trinajstić information content (AvgIpc) is 2.67. The molecule has 29 heavy (non-hydrogen) atoms. The molecule has 9 heteroatoms. The van der Waals surface area contributed by atoms with E-state index in [2.05, 4.69) is 20.6 Å². The number of rotatable bonds is 7. The van der Waals surface area contributed by atoms with Crippen LogP contribution in [0.15, 0.2) is 42.6 Å². The van der Waals surface area contributed by atoms with Gasteiger partial charge < -0.3 is 22.1 Å². The number of fused-ring (bicyclic) bond motifs is 1. The number of hydrogen-bond donors (Lipinski definition) is 4. The van der Waals surface area contributed by atoms with Crippen LogP contribution in [-0.2, 0) is 4.79 Å². The van der Waals surface area contributed by atoms with Gasteiger partial charge in [-0.2, -0.15) is 0 Å². The minimum atomic E-state index is -0.848. The van der Waals surface area contributed by atoms with Crippen molar-refractivity contribution in [2.24, 2.45) is 17.4 Å². The van der Waals surface area contributed by atoms with Crippen LogP contribution in [0.25, 0.3) is 10.9 Å². The highest BCUT2D eigenvalue weighted by Crippen LogP contribution is 2.26. The van der Waals surface area contributed by atoms with Gasteiger partial charge in [-0.25, -0.2) is 9.37 Å². The van der Waals surface area contributed by atoms with Gasteiger partial charge in [0.25, 0.3) is 5.91 Å². The highest BCUT2D eigenvalue weighted by atomic mass is 19.1. The molecule has 0 radical (unpaired) electrons. The first-order valence-corrected chi connectivity index (χ1v) is 8.94. The molecule has 2 aromatic heterocycles. The third-order valence-corrected chi connectivity index (χ3v) is 4.38. The highest BCUT2D eigenvalue weighted by Gasteiger charge is 2.23. The number of pyridine rings is 2. The Hall–Kier alpha value is -3.75. The van der Waals surface area contributed by atoms with Crippen molar-refractivity contribution in [2.75, 3.05) is 10.6 Å². The maximum absolute atomic E-state index is 14.5. The number of halogens is 1. The molecule has 0 aliphatic rings. The molecule has 1 aromatic carbocycles. The number of hydrogen-bond acceptors (Lipinski definition) is 6. The average molecular weight is 396 g/mol. The molecule has 6 N–H and O–H groups in total. The summed E-state index contributed by atoms with van der Waals surface area (Å²) in [6.45, 7) is 3.53. The van der Waals surface area contributed by atoms with E-state index in [0.29, 0.717) is 5.69 Å². The molecule has 1 unspecified atom stereocenters. The van der Waals surface area contributed by atoms with Crippen molar-refractivity contribution in [1.29, 1.82) is 0 Å². The molecule has 2 amide bonds. The Labute approximate surface area is 166 Å². The summed E-state index contributed by atoms with van der Waals surface area (Å²) >= 11 is 0. The Morgan fingerprint density at radius 3 is 2.52 bits per heavy atom. The molecule has 0 saturated heterocycles. The van der Waals surface area contributed by atoms with E-state index in [9.17, 15) is 14.0 Å². The lowest BCUT2D eigenvalue weighted by Crippen LogP contribution is -2.40. The molecular formula is C20H21FN6O2. The first-order valence-electron chi connectivity index (χ1n) is 8.94. The fraction of sp³-hybridized carbons (Fsp3) is 0.200. The quantitative estimate of drug-likeness (QED) is 0.484. The van der Waals surface area contributed by atoms with E-state index in [4.69, 9.17) is 11.5 Å². The van der Waals surface area contributed by atoms with Crippen LogP contribution in [-0.4, -0.2) is 27.8 Å². The van der Waals surface area contributed by atoms with Crippen LogP contribution in [0.1, 0.15) is 24.2 Å². The Morgan fingerprint density at radius 2 is 1.86 bits per heavy atom. The number of nitrogens with one attached hydrogen (secondary N) is 2. The first-order chi connectivity index (χ1) is 13.8. The van der Waals surface area contributed by atoms with Crippen molar-refractivity contribution in [3.05, 3.63) is 54.0 Å². The van der Waals surface area contributed by atoms with Crippen molar-refractivity contribution >= 4 is 40.0 Å². The normalized spacial score (nSPS) is 12.0. The topological polar surface area (TPSA) is 136 Å². The van der Waals surface area contributed by atoms with Crippen molar-refractivity contribution in [3.8, 4) is 0 Å². The van der Waals surface area contributed by atoms with Gasteiger partial charge >= 0.3 is 0 Å². The number of carbonyl (C=O) groups is 2. The lowest BCUT2D eigenvalue weighted by molar-refractivity contribution is -0.119. The molecule has 0 aliphatic carbocycles. The molecule has 0 saturated carbocycles. The van der Waals surface area contributed by atoms with Crippen LogP contribution in [0.4, 0.5) is 21.7 Å². The third kappa shape index (κ3) is 4.40. The molecule has 8 nitrogen and oxygen atoms in total. The van der Waals surface area contributed by atoms with Crippen molar-refractivity contribution in [1.82, 2.24) is 9.97 Å². The Morgan fingerprint density at radius 1 is 1.10 bits per heavy atom. The summed E-state index contributed by atoms with van der Waals surface area (Å²) in [6.07, 6.45) is 1.66. The fourth-order valence-corrected chi connectivity index (χ4v) is 2.87. The number of aromatic nitrogens is 2. The minimum Gasteiger partial charge on any atom is -0.368 e. The molecule has 0 aliphatic heterocycles. The van der Waals surface area contributed by atoms with Crippen LogP contribution in [0.2, 0.25) is 0 Å². The Balaban J connectivity index is 2.01. The maximum atomic E-state index is 14.5. The Kier molecular flexibility index (Phi) is 5.58. The number of nitrogens with zero attached hydrogens (tertiary/aromatic N) is 2. The van der Waals surface area contributed by atoms with E-state index in [1.54, 1.807) is 32.2 Å². The third-order valence-electron chi connectivity index (χ3n) is 4.38. The standard InChI is InChI=1S/C20H21FN6O2/c1-10(2)16(18(23)29)26-20-14(21)9-13(17(22)28)19(27-20)25-12-6-5-11-4-3-7-24-15(11)8-12/h3-10,16H,1-2H3,(H2,22,28)(H2,23,29)(H2,25,26,27). The summed E-state index contributed by atoms with van der Waals surface area (Å²) in [6, 6.07) is 9.25. The van der Waals surface area contributed by atoms with E-state index in [1.807, 2.05) is 18.2 Å². The second kappa shape index (κ2) is 8.09. The summed E-state index contributed by atoms with van der Waals surface area (Å²) in [7, 11) is 0. The van der Waals surface area contributed by atoms with E-state index in [-0.39, 0.29) is 23.1 Å². The SMILES string of the molecule is CC(C)C(Nc1nc(Nc2ccc3cccnc3c2)c(C(N)=O)cc1F)C(N)=O. The van der Waals surface area contributed by atoms with Gasteiger partial charge in [0.2, 0.25) is 5.91 Å². The zero-order valence-corrected chi connectivity index (χ0v) is 15.9. The van der Waals surface area contributed by atoms with Gasteiger partial charge in [0, 0.05) is 17.3 Å². The largest absolute Gasteiger partial charge is 0.368 e. The number of anilines is 3. The van der Waals surface area contributed by atoms with Crippen molar-refractivity contribution < 1.29 is 14.0 Å². The van der Waals surface area contributed by atoms with Gasteiger partial charge in [0.05, 0.1) is 11.1 Å². The molecule has 0 spiro atoms. The number of nitrogens with two attached hydrogens (primary N) is 2. The zero-order valence-electron chi connectivity index (χ0n) is 15.9. The predicted octanol–water partition coefficient (Wildman–Crippen LogP) is 2.53. The summed E-state index contributed by atoms with van der Waals surface area (Å²) in [5.41, 5.74) is 11.9. The van der Waals surface area contributed by atoms with E-state index < -0.39 is 23.7 Å². The van der Waals surface area contributed by atoms with Crippen LogP contribution in [0, 0.1) is 11.7 Å². The Bertz CT molecular complexity index is 1090. The lowest BCUT2D eigenvalue weighted by atomic mass is 10.0. The molecule has 3 rings (SSSR count). The van der Waals surface area contributed by atoms with Crippen molar-refractivity contribution in [3.63, 3.8) is 0 Å². The van der Waals surface area contributed by atoms with E-state index in [1.165, 1.54) is 0 Å². The number of amides is 2. The molecule has 2 heterocycles. The summed E-state index contributed by atoms with van der Waals surface area (Å²) < 4.78 is 14.5. The predicted molar refractivity (Wildman–Crippen MR) is 109 cm³/mol.